The van der Waals surface area contributed by atoms with Gasteiger partial charge >= 0.3 is 0 Å². The van der Waals surface area contributed by atoms with Gasteiger partial charge in [-0.2, -0.15) is 0 Å². The van der Waals surface area contributed by atoms with E-state index in [1.165, 1.54) is 19.3 Å². The van der Waals surface area contributed by atoms with Gasteiger partial charge in [-0.1, -0.05) is 40.0 Å². The van der Waals surface area contributed by atoms with E-state index >= 15 is 0 Å². The van der Waals surface area contributed by atoms with E-state index in [4.69, 9.17) is 9.47 Å². The SMILES string of the molecule is CC(C)COCCCCOCCCNC=O.CCC(=O)C1CCCCC1.[HH]. The second kappa shape index (κ2) is 18.8. The van der Waals surface area contributed by atoms with Gasteiger partial charge in [0.2, 0.25) is 6.41 Å². The third-order valence-corrected chi connectivity index (χ3v) is 4.38. The van der Waals surface area contributed by atoms with Crippen LogP contribution in [0.3, 0.4) is 0 Å². The highest BCUT2D eigenvalue weighted by molar-refractivity contribution is 5.80. The minimum atomic E-state index is 0. The van der Waals surface area contributed by atoms with Gasteiger partial charge in [0.25, 0.3) is 0 Å². The predicted molar refractivity (Wildman–Crippen MR) is 108 cm³/mol. The van der Waals surface area contributed by atoms with Crippen molar-refractivity contribution in [1.29, 1.82) is 0 Å². The molecule has 0 aromatic carbocycles. The minimum absolute atomic E-state index is 0. The van der Waals surface area contributed by atoms with Gasteiger partial charge < -0.3 is 14.8 Å². The second-order valence-corrected chi connectivity index (χ2v) is 7.37. The van der Waals surface area contributed by atoms with Crippen LogP contribution in [0.4, 0.5) is 0 Å². The number of carbonyl (C=O) groups excluding carboxylic acids is 2. The lowest BCUT2D eigenvalue weighted by atomic mass is 9.85. The average molecular weight is 374 g/mol. The summed E-state index contributed by atoms with van der Waals surface area (Å²) in [5.41, 5.74) is 0. The van der Waals surface area contributed by atoms with Crippen molar-refractivity contribution in [3.8, 4) is 0 Å². The molecule has 1 saturated carbocycles. The molecule has 156 valence electrons. The summed E-state index contributed by atoms with van der Waals surface area (Å²) in [5, 5.41) is 2.60. The molecule has 0 aromatic rings. The molecule has 0 aliphatic heterocycles. The average Bonchev–Trinajstić information content (AvgIpc) is 2.66. The quantitative estimate of drug-likeness (QED) is 0.362. The summed E-state index contributed by atoms with van der Waals surface area (Å²) in [6, 6.07) is 0. The van der Waals surface area contributed by atoms with Gasteiger partial charge in [0.05, 0.1) is 0 Å². The van der Waals surface area contributed by atoms with Crippen molar-refractivity contribution in [1.82, 2.24) is 5.32 Å². The maximum absolute atomic E-state index is 11.2. The van der Waals surface area contributed by atoms with Crippen molar-refractivity contribution in [2.24, 2.45) is 11.8 Å². The number of carbonyl (C=O) groups is 2. The molecule has 1 amide bonds. The van der Waals surface area contributed by atoms with E-state index in [9.17, 15) is 9.59 Å². The zero-order valence-electron chi connectivity index (χ0n) is 17.3. The maximum Gasteiger partial charge on any atom is 0.207 e. The molecule has 0 spiro atoms. The van der Waals surface area contributed by atoms with Crippen LogP contribution in [0.1, 0.15) is 80.0 Å². The van der Waals surface area contributed by atoms with Crippen LogP contribution in [0, 0.1) is 11.8 Å². The minimum Gasteiger partial charge on any atom is -0.381 e. The number of hydrogen-bond donors (Lipinski definition) is 1. The van der Waals surface area contributed by atoms with E-state index in [2.05, 4.69) is 19.2 Å². The third kappa shape index (κ3) is 16.5. The molecule has 0 heterocycles. The summed E-state index contributed by atoms with van der Waals surface area (Å²) < 4.78 is 10.8. The van der Waals surface area contributed by atoms with Crippen molar-refractivity contribution < 1.29 is 20.5 Å². The number of hydrogen-bond acceptors (Lipinski definition) is 4. The smallest absolute Gasteiger partial charge is 0.207 e. The Balaban J connectivity index is 0. The number of ether oxygens (including phenoxy) is 2. The van der Waals surface area contributed by atoms with Crippen molar-refractivity contribution in [2.45, 2.75) is 78.6 Å². The first-order chi connectivity index (χ1) is 12.6. The van der Waals surface area contributed by atoms with Crippen molar-refractivity contribution in [3.63, 3.8) is 0 Å². The van der Waals surface area contributed by atoms with Crippen LogP contribution in [0.5, 0.6) is 0 Å². The van der Waals surface area contributed by atoms with Gasteiger partial charge in [0.15, 0.2) is 0 Å². The van der Waals surface area contributed by atoms with E-state index in [-0.39, 0.29) is 1.43 Å². The summed E-state index contributed by atoms with van der Waals surface area (Å²) in [4.78, 5) is 21.1. The van der Waals surface area contributed by atoms with Gasteiger partial charge in [-0.25, -0.2) is 0 Å². The lowest BCUT2D eigenvalue weighted by Crippen LogP contribution is -2.16. The van der Waals surface area contributed by atoms with E-state index in [1.807, 2.05) is 6.92 Å². The number of ketones is 1. The Bertz CT molecular complexity index is 334. The molecule has 0 saturated heterocycles. The van der Waals surface area contributed by atoms with Gasteiger partial charge in [0, 0.05) is 46.7 Å². The summed E-state index contributed by atoms with van der Waals surface area (Å²) in [6.45, 7) is 10.1. The monoisotopic (exact) mass is 373 g/mol. The van der Waals surface area contributed by atoms with Gasteiger partial charge in [-0.05, 0) is 38.0 Å². The van der Waals surface area contributed by atoms with E-state index in [0.29, 0.717) is 37.2 Å². The van der Waals surface area contributed by atoms with Crippen LogP contribution in [0.2, 0.25) is 0 Å². The summed E-state index contributed by atoms with van der Waals surface area (Å²) in [6.07, 6.45) is 10.6. The Morgan fingerprint density at radius 3 is 2.27 bits per heavy atom. The topological polar surface area (TPSA) is 64.6 Å². The highest BCUT2D eigenvalue weighted by Crippen LogP contribution is 2.24. The molecule has 1 aliphatic carbocycles. The predicted octanol–water partition coefficient (Wildman–Crippen LogP) is 4.38. The van der Waals surface area contributed by atoms with Gasteiger partial charge in [0.1, 0.15) is 5.78 Å². The van der Waals surface area contributed by atoms with Crippen LogP contribution < -0.4 is 5.32 Å². The third-order valence-electron chi connectivity index (χ3n) is 4.38. The Morgan fingerprint density at radius 2 is 1.69 bits per heavy atom. The molecule has 5 nitrogen and oxygen atoms in total. The molecule has 1 aliphatic rings. The first-order valence-corrected chi connectivity index (χ1v) is 10.5. The standard InChI is InChI=1S/C12H25NO3.C9H16O.H2/c1-12(2)10-16-8-4-3-7-15-9-5-6-13-11-14;1-2-9(10)8-6-4-3-5-7-8;/h11-12H,3-10H2,1-2H3,(H,13,14);8H,2-7H2,1H3;1H. The Morgan fingerprint density at radius 1 is 1.08 bits per heavy atom. The zero-order valence-corrected chi connectivity index (χ0v) is 17.3. The Kier molecular flexibility index (Phi) is 18.2. The first-order valence-electron chi connectivity index (χ1n) is 10.5. The molecule has 0 radical (unpaired) electrons. The first kappa shape index (κ1) is 25.1. The van der Waals surface area contributed by atoms with E-state index in [0.717, 1.165) is 58.3 Å². The van der Waals surface area contributed by atoms with Gasteiger partial charge in [-0.15, -0.1) is 0 Å². The molecule has 0 bridgehead atoms. The fraction of sp³-hybridized carbons (Fsp3) is 0.905. The van der Waals surface area contributed by atoms with Crippen LogP contribution in [0.15, 0.2) is 0 Å². The van der Waals surface area contributed by atoms with Crippen molar-refractivity contribution in [2.75, 3.05) is 33.0 Å². The summed E-state index contributed by atoms with van der Waals surface area (Å²) >= 11 is 0. The Labute approximate surface area is 162 Å². The van der Waals surface area contributed by atoms with Gasteiger partial charge in [-0.3, -0.25) is 9.59 Å². The van der Waals surface area contributed by atoms with Crippen LogP contribution >= 0.6 is 0 Å². The maximum atomic E-state index is 11.2. The molecule has 0 unspecified atom stereocenters. The van der Waals surface area contributed by atoms with Crippen LogP contribution in [0.25, 0.3) is 0 Å². The zero-order chi connectivity index (χ0) is 19.5. The fourth-order valence-corrected chi connectivity index (χ4v) is 2.88. The normalized spacial score (nSPS) is 14.6. The lowest BCUT2D eigenvalue weighted by Gasteiger charge is -2.19. The molecule has 0 aromatic heterocycles. The molecule has 1 N–H and O–H groups in total. The molecule has 0 atom stereocenters. The highest BCUT2D eigenvalue weighted by atomic mass is 16.5. The van der Waals surface area contributed by atoms with Crippen LogP contribution in [-0.2, 0) is 19.1 Å². The molecule has 1 rings (SSSR count). The Hall–Kier alpha value is -0.940. The highest BCUT2D eigenvalue weighted by Gasteiger charge is 2.18. The number of rotatable bonds is 14. The number of unbranched alkanes of at least 4 members (excludes halogenated alkanes) is 1. The van der Waals surface area contributed by atoms with E-state index in [1.54, 1.807) is 0 Å². The summed E-state index contributed by atoms with van der Waals surface area (Å²) in [5.74, 6) is 1.53. The van der Waals surface area contributed by atoms with Crippen molar-refractivity contribution >= 4 is 12.2 Å². The number of amides is 1. The number of Topliss-reactive ketones (excluding diaryl/α,β-unsaturated/α-hetero) is 1. The molecular formula is C21H43NO4. The van der Waals surface area contributed by atoms with E-state index < -0.39 is 0 Å². The van der Waals surface area contributed by atoms with Crippen molar-refractivity contribution in [3.05, 3.63) is 0 Å². The number of nitrogens with one attached hydrogen (secondary N) is 1. The largest absolute Gasteiger partial charge is 0.381 e. The molecule has 26 heavy (non-hydrogen) atoms. The molecule has 5 heteroatoms. The molecule has 1 fully saturated rings. The lowest BCUT2D eigenvalue weighted by molar-refractivity contribution is -0.123. The van der Waals surface area contributed by atoms with Crippen LogP contribution in [-0.4, -0.2) is 45.2 Å². The molecular weight excluding hydrogens is 330 g/mol. The summed E-state index contributed by atoms with van der Waals surface area (Å²) in [7, 11) is 0. The fourth-order valence-electron chi connectivity index (χ4n) is 2.88. The second-order valence-electron chi connectivity index (χ2n) is 7.37.